The van der Waals surface area contributed by atoms with Gasteiger partial charge in [-0.3, -0.25) is 14.6 Å². The topological polar surface area (TPSA) is 116 Å². The normalized spacial score (nSPS) is 11.1. The number of hydrogen-bond acceptors (Lipinski definition) is 5. The Hall–Kier alpha value is -2.87. The molecule has 0 atom stereocenters. The van der Waals surface area contributed by atoms with Gasteiger partial charge < -0.3 is 9.72 Å². The van der Waals surface area contributed by atoms with Gasteiger partial charge in [-0.05, 0) is 51.0 Å². The Bertz CT molecular complexity index is 963. The van der Waals surface area contributed by atoms with Crippen molar-refractivity contribution in [2.24, 2.45) is 5.10 Å². The van der Waals surface area contributed by atoms with Gasteiger partial charge >= 0.3 is 5.69 Å². The molecule has 0 aliphatic carbocycles. The lowest BCUT2D eigenvalue weighted by molar-refractivity contribution is -0.121. The standard InChI is InChI=1S/C18H21ClN4O4/c1-10(2)27-15-6-4-12(8-14(15)19)9-20-23-16(24)7-5-13-11(3)21-18(26)22-17(13)25/h4,6,8-10H,5,7H2,1-3H3,(H,23,24)(H2,21,22,25,26)/b20-9+. The summed E-state index contributed by atoms with van der Waals surface area (Å²) in [6, 6.07) is 5.18. The summed E-state index contributed by atoms with van der Waals surface area (Å²) in [5.74, 6) is 0.219. The van der Waals surface area contributed by atoms with Crippen LogP contribution < -0.4 is 21.4 Å². The van der Waals surface area contributed by atoms with Crippen molar-refractivity contribution in [1.82, 2.24) is 15.4 Å². The summed E-state index contributed by atoms with van der Waals surface area (Å²) in [5, 5.41) is 4.33. The minimum Gasteiger partial charge on any atom is -0.489 e. The first kappa shape index (κ1) is 20.4. The Morgan fingerprint density at radius 2 is 2.07 bits per heavy atom. The molecule has 1 amide bonds. The van der Waals surface area contributed by atoms with Gasteiger partial charge in [-0.2, -0.15) is 5.10 Å². The Morgan fingerprint density at radius 3 is 2.70 bits per heavy atom. The Labute approximate surface area is 160 Å². The molecule has 1 aromatic carbocycles. The van der Waals surface area contributed by atoms with Crippen LogP contribution in [0.5, 0.6) is 5.75 Å². The molecule has 1 aromatic heterocycles. The first-order valence-electron chi connectivity index (χ1n) is 8.36. The van der Waals surface area contributed by atoms with Gasteiger partial charge in [-0.15, -0.1) is 0 Å². The van der Waals surface area contributed by atoms with Crippen LogP contribution in [0.25, 0.3) is 0 Å². The number of nitrogens with one attached hydrogen (secondary N) is 3. The molecule has 0 radical (unpaired) electrons. The molecule has 8 nitrogen and oxygen atoms in total. The van der Waals surface area contributed by atoms with Gasteiger partial charge in [0.1, 0.15) is 5.75 Å². The third kappa shape index (κ3) is 6.10. The van der Waals surface area contributed by atoms with Crippen molar-refractivity contribution in [3.8, 4) is 5.75 Å². The van der Waals surface area contributed by atoms with Crippen LogP contribution in [-0.4, -0.2) is 28.2 Å². The average Bonchev–Trinajstić information content (AvgIpc) is 2.56. The van der Waals surface area contributed by atoms with Crippen molar-refractivity contribution in [1.29, 1.82) is 0 Å². The van der Waals surface area contributed by atoms with Crippen LogP contribution in [0.2, 0.25) is 5.02 Å². The first-order valence-corrected chi connectivity index (χ1v) is 8.74. The molecular formula is C18H21ClN4O4. The lowest BCUT2D eigenvalue weighted by Gasteiger charge is -2.11. The molecule has 0 saturated carbocycles. The first-order chi connectivity index (χ1) is 12.8. The van der Waals surface area contributed by atoms with Crippen molar-refractivity contribution in [2.75, 3.05) is 0 Å². The molecule has 144 valence electrons. The number of halogens is 1. The van der Waals surface area contributed by atoms with Crippen molar-refractivity contribution in [3.05, 3.63) is 60.9 Å². The van der Waals surface area contributed by atoms with E-state index >= 15 is 0 Å². The summed E-state index contributed by atoms with van der Waals surface area (Å²) < 4.78 is 5.55. The quantitative estimate of drug-likeness (QED) is 0.492. The Balaban J connectivity index is 1.91. The van der Waals surface area contributed by atoms with E-state index in [4.69, 9.17) is 16.3 Å². The van der Waals surface area contributed by atoms with Gasteiger partial charge in [-0.25, -0.2) is 10.2 Å². The number of aryl methyl sites for hydroxylation is 1. The predicted molar refractivity (Wildman–Crippen MR) is 104 cm³/mol. The summed E-state index contributed by atoms with van der Waals surface area (Å²) in [5.41, 5.74) is 2.83. The number of H-pyrrole nitrogens is 2. The van der Waals surface area contributed by atoms with Gasteiger partial charge in [0.2, 0.25) is 5.91 Å². The zero-order valence-corrected chi connectivity index (χ0v) is 16.0. The molecule has 0 aliphatic heterocycles. The van der Waals surface area contributed by atoms with Crippen LogP contribution in [0.1, 0.15) is 37.1 Å². The molecule has 2 rings (SSSR count). The highest BCUT2D eigenvalue weighted by atomic mass is 35.5. The second-order valence-corrected chi connectivity index (χ2v) is 6.57. The van der Waals surface area contributed by atoms with Gasteiger partial charge in [0.25, 0.3) is 5.56 Å². The van der Waals surface area contributed by atoms with E-state index in [-0.39, 0.29) is 24.9 Å². The monoisotopic (exact) mass is 392 g/mol. The Kier molecular flexibility index (Phi) is 6.95. The zero-order valence-electron chi connectivity index (χ0n) is 15.3. The maximum Gasteiger partial charge on any atom is 0.325 e. The van der Waals surface area contributed by atoms with E-state index in [2.05, 4.69) is 20.5 Å². The highest BCUT2D eigenvalue weighted by Gasteiger charge is 2.09. The molecule has 0 unspecified atom stereocenters. The number of benzene rings is 1. The van der Waals surface area contributed by atoms with E-state index in [1.807, 2.05) is 13.8 Å². The second-order valence-electron chi connectivity index (χ2n) is 6.16. The maximum absolute atomic E-state index is 11.9. The van der Waals surface area contributed by atoms with E-state index in [0.717, 1.165) is 0 Å². The number of aromatic amines is 2. The number of amides is 1. The minimum atomic E-state index is -0.571. The fraction of sp³-hybridized carbons (Fsp3) is 0.333. The van der Waals surface area contributed by atoms with Crippen LogP contribution in [0.4, 0.5) is 0 Å². The summed E-state index contributed by atoms with van der Waals surface area (Å²) in [4.78, 5) is 39.4. The molecule has 2 aromatic rings. The number of ether oxygens (including phenoxy) is 1. The van der Waals surface area contributed by atoms with Gasteiger partial charge in [0.15, 0.2) is 0 Å². The van der Waals surface area contributed by atoms with Crippen LogP contribution >= 0.6 is 11.6 Å². The average molecular weight is 393 g/mol. The van der Waals surface area contributed by atoms with E-state index < -0.39 is 11.2 Å². The number of rotatable bonds is 7. The molecule has 1 heterocycles. The van der Waals surface area contributed by atoms with Crippen molar-refractivity contribution >= 4 is 23.7 Å². The number of carbonyl (C=O) groups is 1. The molecule has 0 fully saturated rings. The van der Waals surface area contributed by atoms with E-state index in [1.165, 1.54) is 6.21 Å². The SMILES string of the molecule is Cc1[nH]c(=O)[nH]c(=O)c1CCC(=O)N/N=C/c1ccc(OC(C)C)c(Cl)c1. The van der Waals surface area contributed by atoms with Gasteiger partial charge in [-0.1, -0.05) is 11.6 Å². The summed E-state index contributed by atoms with van der Waals surface area (Å²) in [7, 11) is 0. The summed E-state index contributed by atoms with van der Waals surface area (Å²) in [6.45, 7) is 5.42. The molecule has 0 aliphatic rings. The van der Waals surface area contributed by atoms with Crippen LogP contribution in [0.15, 0.2) is 32.9 Å². The van der Waals surface area contributed by atoms with E-state index in [9.17, 15) is 14.4 Å². The molecule has 0 bridgehead atoms. The molecular weight excluding hydrogens is 372 g/mol. The molecule has 0 spiro atoms. The maximum atomic E-state index is 11.9. The van der Waals surface area contributed by atoms with Crippen LogP contribution in [0, 0.1) is 6.92 Å². The van der Waals surface area contributed by atoms with Gasteiger partial charge in [0, 0.05) is 17.7 Å². The third-order valence-corrected chi connectivity index (χ3v) is 3.87. The third-order valence-electron chi connectivity index (χ3n) is 3.58. The molecule has 27 heavy (non-hydrogen) atoms. The zero-order chi connectivity index (χ0) is 20.0. The van der Waals surface area contributed by atoms with E-state index in [0.29, 0.717) is 27.6 Å². The smallest absolute Gasteiger partial charge is 0.325 e. The Morgan fingerprint density at radius 1 is 1.33 bits per heavy atom. The predicted octanol–water partition coefficient (Wildman–Crippen LogP) is 1.90. The van der Waals surface area contributed by atoms with E-state index in [1.54, 1.807) is 25.1 Å². The molecule has 3 N–H and O–H groups in total. The minimum absolute atomic E-state index is 0.0135. The van der Waals surface area contributed by atoms with Crippen molar-refractivity contribution in [3.63, 3.8) is 0 Å². The van der Waals surface area contributed by atoms with Crippen molar-refractivity contribution < 1.29 is 9.53 Å². The van der Waals surface area contributed by atoms with Crippen LogP contribution in [0.3, 0.4) is 0 Å². The number of hydrogen-bond donors (Lipinski definition) is 3. The van der Waals surface area contributed by atoms with Crippen molar-refractivity contribution in [2.45, 2.75) is 39.7 Å². The lowest BCUT2D eigenvalue weighted by atomic mass is 10.1. The van der Waals surface area contributed by atoms with Gasteiger partial charge in [0.05, 0.1) is 17.3 Å². The summed E-state index contributed by atoms with van der Waals surface area (Å²) in [6.07, 6.45) is 1.71. The van der Waals surface area contributed by atoms with Crippen LogP contribution in [-0.2, 0) is 11.2 Å². The molecule has 0 saturated heterocycles. The lowest BCUT2D eigenvalue weighted by Crippen LogP contribution is -2.28. The fourth-order valence-corrected chi connectivity index (χ4v) is 2.58. The number of carbonyl (C=O) groups excluding carboxylic acids is 1. The molecule has 9 heteroatoms. The number of nitrogens with zero attached hydrogens (tertiary/aromatic N) is 1. The largest absolute Gasteiger partial charge is 0.489 e. The second kappa shape index (κ2) is 9.18. The number of aromatic nitrogens is 2. The highest BCUT2D eigenvalue weighted by Crippen LogP contribution is 2.25. The summed E-state index contributed by atoms with van der Waals surface area (Å²) >= 11 is 6.14. The fourth-order valence-electron chi connectivity index (χ4n) is 2.35. The number of hydrazone groups is 1. The highest BCUT2D eigenvalue weighted by molar-refractivity contribution is 6.32.